The number of esters is 1. The molecular formula is C17H23N3O5. The third-order valence-electron chi connectivity index (χ3n) is 4.11. The molecule has 1 heterocycles. The van der Waals surface area contributed by atoms with Gasteiger partial charge in [-0.3, -0.25) is 14.4 Å². The van der Waals surface area contributed by atoms with Gasteiger partial charge in [0, 0.05) is 24.5 Å². The molecule has 1 aliphatic heterocycles. The van der Waals surface area contributed by atoms with Gasteiger partial charge in [-0.25, -0.2) is 0 Å². The molecule has 0 radical (unpaired) electrons. The van der Waals surface area contributed by atoms with E-state index < -0.39 is 17.9 Å². The lowest BCUT2D eigenvalue weighted by molar-refractivity contribution is -0.139. The predicted octanol–water partition coefficient (Wildman–Crippen LogP) is 0.282. The van der Waals surface area contributed by atoms with E-state index in [4.69, 9.17) is 10.5 Å². The van der Waals surface area contributed by atoms with Gasteiger partial charge in [0.1, 0.15) is 6.54 Å². The van der Waals surface area contributed by atoms with Gasteiger partial charge in [-0.1, -0.05) is 0 Å². The second-order valence-corrected chi connectivity index (χ2v) is 5.80. The highest BCUT2D eigenvalue weighted by Crippen LogP contribution is 2.19. The first kappa shape index (κ1) is 18.9. The van der Waals surface area contributed by atoms with Crippen molar-refractivity contribution in [3.05, 3.63) is 29.8 Å². The molecule has 1 atom stereocenters. The standard InChI is InChI=1S/C17H23N3O5/c1-24-14(21)10-19-16(22)12-2-4-13(5-3-12)20-17(23)15(18)11-6-8-25-9-7-11/h2-5,11,15H,6-10,18H2,1H3,(H,19,22)(H,20,23). The third kappa shape index (κ3) is 5.54. The Morgan fingerprint density at radius 1 is 1.24 bits per heavy atom. The number of carbonyl (C=O) groups is 3. The van der Waals surface area contributed by atoms with Crippen molar-refractivity contribution in [1.82, 2.24) is 5.32 Å². The van der Waals surface area contributed by atoms with Gasteiger partial charge in [0.2, 0.25) is 5.91 Å². The zero-order valence-electron chi connectivity index (χ0n) is 14.1. The monoisotopic (exact) mass is 349 g/mol. The Bertz CT molecular complexity index is 611. The van der Waals surface area contributed by atoms with Crippen LogP contribution in [0, 0.1) is 5.92 Å². The van der Waals surface area contributed by atoms with Crippen LogP contribution in [0.1, 0.15) is 23.2 Å². The molecule has 1 aliphatic rings. The minimum absolute atomic E-state index is 0.108. The van der Waals surface area contributed by atoms with Gasteiger partial charge in [0.15, 0.2) is 0 Å². The highest BCUT2D eigenvalue weighted by Gasteiger charge is 2.26. The van der Waals surface area contributed by atoms with Crippen LogP contribution in [0.3, 0.4) is 0 Å². The number of amides is 2. The van der Waals surface area contributed by atoms with Crippen LogP contribution in [-0.4, -0.2) is 50.7 Å². The quantitative estimate of drug-likeness (QED) is 0.635. The summed E-state index contributed by atoms with van der Waals surface area (Å²) in [5.74, 6) is -1.08. The maximum absolute atomic E-state index is 12.2. The van der Waals surface area contributed by atoms with E-state index in [1.165, 1.54) is 7.11 Å². The number of nitrogens with two attached hydrogens (primary N) is 1. The van der Waals surface area contributed by atoms with Crippen LogP contribution in [0.5, 0.6) is 0 Å². The lowest BCUT2D eigenvalue weighted by atomic mass is 9.92. The maximum Gasteiger partial charge on any atom is 0.325 e. The molecular weight excluding hydrogens is 326 g/mol. The number of methoxy groups -OCH3 is 1. The number of anilines is 1. The zero-order chi connectivity index (χ0) is 18.2. The van der Waals surface area contributed by atoms with Crippen molar-refractivity contribution in [1.29, 1.82) is 0 Å². The normalized spacial score (nSPS) is 15.9. The Hall–Kier alpha value is -2.45. The van der Waals surface area contributed by atoms with Gasteiger partial charge < -0.3 is 25.8 Å². The SMILES string of the molecule is COC(=O)CNC(=O)c1ccc(NC(=O)C(N)C2CCOCC2)cc1. The van der Waals surface area contributed by atoms with Crippen LogP contribution in [0.15, 0.2) is 24.3 Å². The molecule has 0 saturated carbocycles. The zero-order valence-corrected chi connectivity index (χ0v) is 14.1. The Morgan fingerprint density at radius 2 is 1.88 bits per heavy atom. The van der Waals surface area contributed by atoms with Gasteiger partial charge >= 0.3 is 5.97 Å². The van der Waals surface area contributed by atoms with Gasteiger partial charge in [-0.15, -0.1) is 0 Å². The van der Waals surface area contributed by atoms with E-state index in [0.717, 1.165) is 12.8 Å². The summed E-state index contributed by atoms with van der Waals surface area (Å²) in [6, 6.07) is 5.75. The smallest absolute Gasteiger partial charge is 0.325 e. The predicted molar refractivity (Wildman–Crippen MR) is 90.9 cm³/mol. The molecule has 25 heavy (non-hydrogen) atoms. The number of ether oxygens (including phenoxy) is 2. The van der Waals surface area contributed by atoms with Crippen molar-refractivity contribution in [3.8, 4) is 0 Å². The van der Waals surface area contributed by atoms with E-state index in [2.05, 4.69) is 15.4 Å². The molecule has 1 saturated heterocycles. The van der Waals surface area contributed by atoms with E-state index in [9.17, 15) is 14.4 Å². The molecule has 1 aromatic rings. The number of carbonyl (C=O) groups excluding carboxylic acids is 3. The molecule has 8 heteroatoms. The largest absolute Gasteiger partial charge is 0.468 e. The van der Waals surface area contributed by atoms with E-state index in [0.29, 0.717) is 24.5 Å². The molecule has 2 rings (SSSR count). The summed E-state index contributed by atoms with van der Waals surface area (Å²) in [6.07, 6.45) is 1.54. The van der Waals surface area contributed by atoms with E-state index in [-0.39, 0.29) is 18.4 Å². The highest BCUT2D eigenvalue weighted by atomic mass is 16.5. The molecule has 0 bridgehead atoms. The summed E-state index contributed by atoms with van der Waals surface area (Å²) in [6.45, 7) is 1.05. The second-order valence-electron chi connectivity index (χ2n) is 5.80. The molecule has 1 unspecified atom stereocenters. The minimum atomic E-state index is -0.591. The maximum atomic E-state index is 12.2. The Morgan fingerprint density at radius 3 is 2.48 bits per heavy atom. The molecule has 1 aromatic carbocycles. The number of rotatable bonds is 6. The fourth-order valence-corrected chi connectivity index (χ4v) is 2.55. The average molecular weight is 349 g/mol. The Labute approximate surface area is 146 Å². The number of hydrogen-bond acceptors (Lipinski definition) is 6. The topological polar surface area (TPSA) is 120 Å². The third-order valence-corrected chi connectivity index (χ3v) is 4.11. The lowest BCUT2D eigenvalue weighted by Crippen LogP contribution is -2.44. The fraction of sp³-hybridized carbons (Fsp3) is 0.471. The highest BCUT2D eigenvalue weighted by molar-refractivity contribution is 5.98. The van der Waals surface area contributed by atoms with Crippen LogP contribution >= 0.6 is 0 Å². The van der Waals surface area contributed by atoms with Crippen molar-refractivity contribution in [3.63, 3.8) is 0 Å². The summed E-state index contributed by atoms with van der Waals surface area (Å²) in [5, 5.41) is 5.19. The minimum Gasteiger partial charge on any atom is -0.468 e. The van der Waals surface area contributed by atoms with Crippen molar-refractivity contribution in [2.45, 2.75) is 18.9 Å². The summed E-state index contributed by atoms with van der Waals surface area (Å²) in [4.78, 5) is 35.1. The molecule has 1 fully saturated rings. The van der Waals surface area contributed by atoms with Crippen molar-refractivity contribution < 1.29 is 23.9 Å². The molecule has 0 aromatic heterocycles. The van der Waals surface area contributed by atoms with Gasteiger partial charge in [0.25, 0.3) is 5.91 Å². The molecule has 2 amide bonds. The van der Waals surface area contributed by atoms with Crippen LogP contribution in [0.2, 0.25) is 0 Å². The van der Waals surface area contributed by atoms with Crippen molar-refractivity contribution in [2.24, 2.45) is 11.7 Å². The van der Waals surface area contributed by atoms with E-state index in [1.807, 2.05) is 0 Å². The summed E-state index contributed by atoms with van der Waals surface area (Å²) in [5.41, 5.74) is 6.95. The van der Waals surface area contributed by atoms with Crippen molar-refractivity contribution >= 4 is 23.5 Å². The van der Waals surface area contributed by atoms with Crippen LogP contribution in [-0.2, 0) is 19.1 Å². The van der Waals surface area contributed by atoms with Crippen LogP contribution in [0.25, 0.3) is 0 Å². The molecule has 8 nitrogen and oxygen atoms in total. The van der Waals surface area contributed by atoms with Crippen LogP contribution in [0.4, 0.5) is 5.69 Å². The van der Waals surface area contributed by atoms with Crippen LogP contribution < -0.4 is 16.4 Å². The Kier molecular flexibility index (Phi) is 6.91. The van der Waals surface area contributed by atoms with E-state index >= 15 is 0 Å². The van der Waals surface area contributed by atoms with E-state index in [1.54, 1.807) is 24.3 Å². The Balaban J connectivity index is 1.87. The molecule has 4 N–H and O–H groups in total. The number of benzene rings is 1. The molecule has 136 valence electrons. The number of hydrogen-bond donors (Lipinski definition) is 3. The van der Waals surface area contributed by atoms with Crippen molar-refractivity contribution in [2.75, 3.05) is 32.2 Å². The fourth-order valence-electron chi connectivity index (χ4n) is 2.55. The van der Waals surface area contributed by atoms with Gasteiger partial charge in [-0.05, 0) is 43.0 Å². The lowest BCUT2D eigenvalue weighted by Gasteiger charge is -2.26. The van der Waals surface area contributed by atoms with Gasteiger partial charge in [-0.2, -0.15) is 0 Å². The molecule has 0 spiro atoms. The summed E-state index contributed by atoms with van der Waals surface area (Å²) < 4.78 is 9.72. The first-order valence-corrected chi connectivity index (χ1v) is 8.10. The average Bonchev–Trinajstić information content (AvgIpc) is 2.66. The van der Waals surface area contributed by atoms with Gasteiger partial charge in [0.05, 0.1) is 13.2 Å². The summed E-state index contributed by atoms with van der Waals surface area (Å²) in [7, 11) is 1.25. The second kappa shape index (κ2) is 9.14. The first-order valence-electron chi connectivity index (χ1n) is 8.10. The molecule has 0 aliphatic carbocycles. The first-order chi connectivity index (χ1) is 12.0. The number of nitrogens with one attached hydrogen (secondary N) is 2. The summed E-state index contributed by atoms with van der Waals surface area (Å²) >= 11 is 0.